The number of aromatic nitrogens is 6. The molecule has 0 aliphatic heterocycles. The van der Waals surface area contributed by atoms with Crippen LogP contribution >= 0.6 is 0 Å². The third-order valence-corrected chi connectivity index (χ3v) is 4.36. The van der Waals surface area contributed by atoms with Crippen LogP contribution < -0.4 is 10.9 Å². The van der Waals surface area contributed by atoms with Crippen LogP contribution in [0, 0.1) is 0 Å². The van der Waals surface area contributed by atoms with Crippen molar-refractivity contribution in [2.45, 2.75) is 6.54 Å². The van der Waals surface area contributed by atoms with Crippen LogP contribution in [0.1, 0.15) is 0 Å². The van der Waals surface area contributed by atoms with Gasteiger partial charge in [-0.05, 0) is 18.2 Å². The lowest BCUT2D eigenvalue weighted by molar-refractivity contribution is -0.117. The smallest absolute Gasteiger partial charge is 0.291 e. The molecule has 0 aliphatic rings. The standard InChI is InChI=1S/C19H13N7O3/c27-16(23-15-5-6-20-11-22-15)10-25-19(28)14-9-12-3-1-2-4-13(12)26(14)17(24-25)18-21-7-8-29-18/h1-9,11H,10H2,(H,20,22,23,27). The van der Waals surface area contributed by atoms with Gasteiger partial charge in [0.05, 0.1) is 11.7 Å². The summed E-state index contributed by atoms with van der Waals surface area (Å²) in [6.07, 6.45) is 5.74. The van der Waals surface area contributed by atoms with E-state index >= 15 is 0 Å². The fourth-order valence-corrected chi connectivity index (χ4v) is 3.14. The summed E-state index contributed by atoms with van der Waals surface area (Å²) in [5.41, 5.74) is 0.747. The fraction of sp³-hybridized carbons (Fsp3) is 0.0526. The van der Waals surface area contributed by atoms with Gasteiger partial charge in [0, 0.05) is 11.6 Å². The Kier molecular flexibility index (Phi) is 3.87. The first kappa shape index (κ1) is 16.8. The molecule has 1 amide bonds. The van der Waals surface area contributed by atoms with Crippen molar-refractivity contribution in [3.8, 4) is 11.7 Å². The molecular weight excluding hydrogens is 374 g/mol. The third-order valence-electron chi connectivity index (χ3n) is 4.36. The summed E-state index contributed by atoms with van der Waals surface area (Å²) >= 11 is 0. The number of amides is 1. The van der Waals surface area contributed by atoms with Gasteiger partial charge in [0.1, 0.15) is 30.5 Å². The zero-order valence-corrected chi connectivity index (χ0v) is 14.9. The second kappa shape index (κ2) is 6.68. The number of hydrogen-bond donors (Lipinski definition) is 1. The van der Waals surface area contributed by atoms with Crippen LogP contribution in [-0.2, 0) is 11.3 Å². The van der Waals surface area contributed by atoms with E-state index in [1.165, 1.54) is 25.0 Å². The van der Waals surface area contributed by atoms with E-state index in [9.17, 15) is 9.59 Å². The van der Waals surface area contributed by atoms with Crippen molar-refractivity contribution >= 4 is 28.1 Å². The minimum atomic E-state index is -0.447. The molecule has 0 unspecified atom stereocenters. The maximum absolute atomic E-state index is 13.0. The number of carbonyl (C=O) groups is 1. The van der Waals surface area contributed by atoms with Gasteiger partial charge in [0.2, 0.25) is 11.7 Å². The maximum atomic E-state index is 13.0. The predicted molar refractivity (Wildman–Crippen MR) is 103 cm³/mol. The van der Waals surface area contributed by atoms with Crippen LogP contribution in [0.15, 0.2) is 70.6 Å². The van der Waals surface area contributed by atoms with Gasteiger partial charge in [0.15, 0.2) is 0 Å². The lowest BCUT2D eigenvalue weighted by atomic mass is 10.2. The number of fused-ring (bicyclic) bond motifs is 3. The number of nitrogens with zero attached hydrogens (tertiary/aromatic N) is 6. The average Bonchev–Trinajstić information content (AvgIpc) is 3.39. The molecule has 1 aromatic carbocycles. The Bertz CT molecular complexity index is 1390. The molecule has 10 heteroatoms. The van der Waals surface area contributed by atoms with Crippen LogP contribution in [0.2, 0.25) is 0 Å². The Hall–Kier alpha value is -4.34. The molecule has 5 aromatic rings. The summed E-state index contributed by atoms with van der Waals surface area (Å²) in [5.74, 6) is 0.444. The zero-order valence-electron chi connectivity index (χ0n) is 14.9. The number of carbonyl (C=O) groups excluding carboxylic acids is 1. The summed E-state index contributed by atoms with van der Waals surface area (Å²) < 4.78 is 8.18. The highest BCUT2D eigenvalue weighted by atomic mass is 16.3. The van der Waals surface area contributed by atoms with Gasteiger partial charge < -0.3 is 9.73 Å². The normalized spacial score (nSPS) is 11.2. The second-order valence-corrected chi connectivity index (χ2v) is 6.19. The monoisotopic (exact) mass is 387 g/mol. The minimum absolute atomic E-state index is 0.237. The number of hydrogen-bond acceptors (Lipinski definition) is 7. The van der Waals surface area contributed by atoms with E-state index < -0.39 is 11.5 Å². The topological polar surface area (TPSA) is 120 Å². The van der Waals surface area contributed by atoms with Gasteiger partial charge in [-0.1, -0.05) is 18.2 Å². The largest absolute Gasteiger partial charge is 0.442 e. The molecule has 1 N–H and O–H groups in total. The molecule has 0 bridgehead atoms. The molecule has 4 heterocycles. The summed E-state index contributed by atoms with van der Waals surface area (Å²) in [4.78, 5) is 37.3. The van der Waals surface area contributed by atoms with Crippen LogP contribution in [0.4, 0.5) is 5.82 Å². The zero-order chi connectivity index (χ0) is 19.8. The number of nitrogens with one attached hydrogen (secondary N) is 1. The maximum Gasteiger partial charge on any atom is 0.291 e. The van der Waals surface area contributed by atoms with Crippen LogP contribution in [0.25, 0.3) is 28.1 Å². The van der Waals surface area contributed by atoms with E-state index in [-0.39, 0.29) is 12.4 Å². The quantitative estimate of drug-likeness (QED) is 0.498. The van der Waals surface area contributed by atoms with Gasteiger partial charge in [0.25, 0.3) is 11.4 Å². The highest BCUT2D eigenvalue weighted by molar-refractivity contribution is 5.90. The summed E-state index contributed by atoms with van der Waals surface area (Å²) in [7, 11) is 0. The first-order valence-electron chi connectivity index (χ1n) is 8.68. The molecule has 0 saturated heterocycles. The Morgan fingerprint density at radius 1 is 1.10 bits per heavy atom. The van der Waals surface area contributed by atoms with Crippen molar-refractivity contribution in [2.75, 3.05) is 5.32 Å². The van der Waals surface area contributed by atoms with Gasteiger partial charge in [-0.3, -0.25) is 14.0 Å². The van der Waals surface area contributed by atoms with Crippen LogP contribution in [0.3, 0.4) is 0 Å². The van der Waals surface area contributed by atoms with E-state index in [0.717, 1.165) is 15.6 Å². The number of anilines is 1. The van der Waals surface area contributed by atoms with Gasteiger partial charge in [-0.2, -0.15) is 0 Å². The van der Waals surface area contributed by atoms with Crippen molar-refractivity contribution < 1.29 is 9.21 Å². The van der Waals surface area contributed by atoms with Gasteiger partial charge in [-0.25, -0.2) is 19.6 Å². The first-order chi connectivity index (χ1) is 14.2. The molecule has 10 nitrogen and oxygen atoms in total. The molecule has 142 valence electrons. The molecule has 29 heavy (non-hydrogen) atoms. The van der Waals surface area contributed by atoms with Crippen molar-refractivity contribution in [1.29, 1.82) is 0 Å². The summed E-state index contributed by atoms with van der Waals surface area (Å²) in [6.45, 7) is -0.297. The molecule has 0 fully saturated rings. The van der Waals surface area contributed by atoms with E-state index in [4.69, 9.17) is 4.42 Å². The van der Waals surface area contributed by atoms with E-state index in [1.54, 1.807) is 16.5 Å². The Morgan fingerprint density at radius 3 is 2.79 bits per heavy atom. The van der Waals surface area contributed by atoms with Crippen molar-refractivity contribution in [3.63, 3.8) is 0 Å². The SMILES string of the molecule is O=C(Cn1nc(-c2ncco2)n2c(cc3ccccc32)c1=O)Nc1ccncn1. The Morgan fingerprint density at radius 2 is 2.00 bits per heavy atom. The lowest BCUT2D eigenvalue weighted by Crippen LogP contribution is -2.31. The molecule has 0 saturated carbocycles. The second-order valence-electron chi connectivity index (χ2n) is 6.19. The van der Waals surface area contributed by atoms with Crippen LogP contribution in [-0.4, -0.2) is 35.0 Å². The number of benzene rings is 1. The van der Waals surface area contributed by atoms with Crippen molar-refractivity contribution in [1.82, 2.24) is 29.1 Å². The summed E-state index contributed by atoms with van der Waals surface area (Å²) in [5, 5.41) is 7.84. The molecule has 0 spiro atoms. The van der Waals surface area contributed by atoms with E-state index in [1.807, 2.05) is 24.3 Å². The van der Waals surface area contributed by atoms with Crippen LogP contribution in [0.5, 0.6) is 0 Å². The number of rotatable bonds is 4. The number of para-hydroxylation sites is 1. The van der Waals surface area contributed by atoms with Crippen molar-refractivity contribution in [2.24, 2.45) is 0 Å². The molecule has 5 rings (SSSR count). The highest BCUT2D eigenvalue weighted by Crippen LogP contribution is 2.23. The minimum Gasteiger partial charge on any atom is -0.442 e. The van der Waals surface area contributed by atoms with E-state index in [0.29, 0.717) is 17.2 Å². The molecular formula is C19H13N7O3. The molecule has 4 aromatic heterocycles. The Balaban J connectivity index is 1.65. The van der Waals surface area contributed by atoms with Gasteiger partial charge in [-0.15, -0.1) is 5.10 Å². The van der Waals surface area contributed by atoms with Gasteiger partial charge >= 0.3 is 0 Å². The van der Waals surface area contributed by atoms with E-state index in [2.05, 4.69) is 25.4 Å². The summed E-state index contributed by atoms with van der Waals surface area (Å²) in [6, 6.07) is 10.8. The number of oxazole rings is 1. The van der Waals surface area contributed by atoms with Crippen molar-refractivity contribution in [3.05, 3.63) is 71.7 Å². The molecule has 0 aliphatic carbocycles. The molecule has 0 atom stereocenters. The fourth-order valence-electron chi connectivity index (χ4n) is 3.14. The third kappa shape index (κ3) is 2.92. The molecule has 0 radical (unpaired) electrons. The predicted octanol–water partition coefficient (Wildman–Crippen LogP) is 1.73. The first-order valence-corrected chi connectivity index (χ1v) is 8.68. The Labute approximate surface area is 162 Å². The highest BCUT2D eigenvalue weighted by Gasteiger charge is 2.19. The lowest BCUT2D eigenvalue weighted by Gasteiger charge is -2.09. The average molecular weight is 387 g/mol.